The average Bonchev–Trinajstić information content (AvgIpc) is 3.46. The zero-order valence-electron chi connectivity index (χ0n) is 18.4. The molecule has 4 rings (SSSR count). The second-order valence-corrected chi connectivity index (χ2v) is 7.86. The first-order valence-corrected chi connectivity index (χ1v) is 11.0. The maximum atomic E-state index is 13.0. The van der Waals surface area contributed by atoms with Crippen molar-refractivity contribution in [3.05, 3.63) is 89.1 Å². The van der Waals surface area contributed by atoms with Gasteiger partial charge in [0.25, 0.3) is 0 Å². The Morgan fingerprint density at radius 3 is 2.56 bits per heavy atom. The quantitative estimate of drug-likeness (QED) is 0.378. The molecule has 0 bridgehead atoms. The molecule has 7 nitrogen and oxygen atoms in total. The summed E-state index contributed by atoms with van der Waals surface area (Å²) in [5.41, 5.74) is 5.30. The Hall–Kier alpha value is -3.74. The second kappa shape index (κ2) is 10.0. The van der Waals surface area contributed by atoms with Gasteiger partial charge in [-0.2, -0.15) is 0 Å². The maximum Gasteiger partial charge on any atom is 0.328 e. The van der Waals surface area contributed by atoms with Crippen LogP contribution in [0.15, 0.2) is 72.2 Å². The summed E-state index contributed by atoms with van der Waals surface area (Å²) in [6.45, 7) is 7.17. The third-order valence-corrected chi connectivity index (χ3v) is 5.62. The molecule has 0 amide bonds. The number of imidazole rings is 1. The van der Waals surface area contributed by atoms with Gasteiger partial charge in [-0.1, -0.05) is 68.0 Å². The molecule has 0 fully saturated rings. The number of hydrogen-bond donors (Lipinski definition) is 1. The Labute approximate surface area is 187 Å². The van der Waals surface area contributed by atoms with Crippen LogP contribution in [-0.2, 0) is 19.5 Å². The Bertz CT molecular complexity index is 1220. The maximum absolute atomic E-state index is 13.0. The van der Waals surface area contributed by atoms with Gasteiger partial charge in [0, 0.05) is 24.0 Å². The van der Waals surface area contributed by atoms with E-state index < -0.39 is 0 Å². The number of rotatable bonds is 10. The number of H-pyrrole nitrogens is 1. The third-order valence-electron chi connectivity index (χ3n) is 5.62. The number of nitrogens with zero attached hydrogens (tertiary/aromatic N) is 5. The molecule has 7 heteroatoms. The molecule has 0 atom stereocenters. The van der Waals surface area contributed by atoms with E-state index in [1.165, 1.54) is 0 Å². The van der Waals surface area contributed by atoms with Gasteiger partial charge in [-0.25, -0.2) is 9.89 Å². The fourth-order valence-electron chi connectivity index (χ4n) is 3.89. The number of tetrazole rings is 1. The van der Waals surface area contributed by atoms with Crippen LogP contribution in [0.3, 0.4) is 0 Å². The Morgan fingerprint density at radius 1 is 1.09 bits per heavy atom. The van der Waals surface area contributed by atoms with Crippen LogP contribution in [-0.4, -0.2) is 29.8 Å². The van der Waals surface area contributed by atoms with Crippen LogP contribution in [0.5, 0.6) is 0 Å². The van der Waals surface area contributed by atoms with Crippen molar-refractivity contribution in [2.45, 2.75) is 45.7 Å². The second-order valence-electron chi connectivity index (χ2n) is 7.86. The Balaban J connectivity index is 1.61. The van der Waals surface area contributed by atoms with Crippen LogP contribution < -0.4 is 5.69 Å². The van der Waals surface area contributed by atoms with Crippen molar-refractivity contribution < 1.29 is 0 Å². The fraction of sp³-hybridized carbons (Fsp3) is 0.280. The van der Waals surface area contributed by atoms with Gasteiger partial charge < -0.3 is 0 Å². The van der Waals surface area contributed by atoms with Crippen LogP contribution in [0.4, 0.5) is 0 Å². The predicted octanol–water partition coefficient (Wildman–Crippen LogP) is 4.46. The van der Waals surface area contributed by atoms with Crippen molar-refractivity contribution in [3.63, 3.8) is 0 Å². The number of hydrogen-bond acceptors (Lipinski definition) is 4. The molecule has 0 aliphatic heterocycles. The van der Waals surface area contributed by atoms with E-state index in [2.05, 4.69) is 64.5 Å². The van der Waals surface area contributed by atoms with Crippen LogP contribution in [0.2, 0.25) is 0 Å². The number of aromatic amines is 1. The molecule has 2 aromatic carbocycles. The van der Waals surface area contributed by atoms with Crippen molar-refractivity contribution in [3.8, 4) is 22.5 Å². The minimum Gasteiger partial charge on any atom is -0.299 e. The lowest BCUT2D eigenvalue weighted by atomic mass is 9.98. The van der Waals surface area contributed by atoms with E-state index in [0.717, 1.165) is 53.6 Å². The van der Waals surface area contributed by atoms with E-state index >= 15 is 0 Å². The van der Waals surface area contributed by atoms with Gasteiger partial charge in [0.15, 0.2) is 5.82 Å². The Morgan fingerprint density at radius 2 is 1.88 bits per heavy atom. The van der Waals surface area contributed by atoms with E-state index in [9.17, 15) is 4.79 Å². The third kappa shape index (κ3) is 4.61. The van der Waals surface area contributed by atoms with Crippen molar-refractivity contribution in [1.82, 2.24) is 29.8 Å². The first-order chi connectivity index (χ1) is 15.7. The van der Waals surface area contributed by atoms with Gasteiger partial charge in [-0.15, -0.1) is 11.7 Å². The summed E-state index contributed by atoms with van der Waals surface area (Å²) < 4.78 is 3.71. The molecule has 0 saturated heterocycles. The molecule has 1 N–H and O–H groups in total. The minimum atomic E-state index is 0.0465. The van der Waals surface area contributed by atoms with Crippen molar-refractivity contribution in [2.24, 2.45) is 0 Å². The number of nitrogens with one attached hydrogen (secondary N) is 1. The lowest BCUT2D eigenvalue weighted by molar-refractivity contribution is 0.631. The number of aryl methyl sites for hydroxylation is 2. The summed E-state index contributed by atoms with van der Waals surface area (Å²) in [6.07, 6.45) is 7.71. The highest BCUT2D eigenvalue weighted by Gasteiger charge is 2.13. The molecule has 164 valence electrons. The van der Waals surface area contributed by atoms with Crippen LogP contribution >= 0.6 is 0 Å². The molecule has 0 spiro atoms. The number of aromatic nitrogens is 6. The van der Waals surface area contributed by atoms with Crippen molar-refractivity contribution in [2.75, 3.05) is 0 Å². The van der Waals surface area contributed by atoms with E-state index in [4.69, 9.17) is 0 Å². The molecular formula is C25H28N6O. The number of benzene rings is 2. The molecule has 32 heavy (non-hydrogen) atoms. The van der Waals surface area contributed by atoms with Crippen molar-refractivity contribution >= 4 is 0 Å². The highest BCUT2D eigenvalue weighted by molar-refractivity contribution is 5.80. The highest BCUT2D eigenvalue weighted by Crippen LogP contribution is 2.29. The summed E-state index contributed by atoms with van der Waals surface area (Å²) in [5.74, 6) is 0.637. The summed E-state index contributed by atoms with van der Waals surface area (Å²) in [5, 5.41) is 14.3. The summed E-state index contributed by atoms with van der Waals surface area (Å²) in [6, 6.07) is 16.4. The molecule has 0 saturated carbocycles. The van der Waals surface area contributed by atoms with Gasteiger partial charge in [0.05, 0.1) is 6.54 Å². The van der Waals surface area contributed by atoms with Crippen LogP contribution in [0.25, 0.3) is 22.5 Å². The van der Waals surface area contributed by atoms with E-state index in [0.29, 0.717) is 18.9 Å². The molecular weight excluding hydrogens is 400 g/mol. The van der Waals surface area contributed by atoms with Crippen molar-refractivity contribution in [1.29, 1.82) is 0 Å². The smallest absolute Gasteiger partial charge is 0.299 e. The van der Waals surface area contributed by atoms with Gasteiger partial charge in [-0.05, 0) is 46.4 Å². The largest absolute Gasteiger partial charge is 0.328 e. The van der Waals surface area contributed by atoms with E-state index in [1.54, 1.807) is 0 Å². The molecule has 2 aromatic heterocycles. The first-order valence-electron chi connectivity index (χ1n) is 11.0. The minimum absolute atomic E-state index is 0.0465. The predicted molar refractivity (Wildman–Crippen MR) is 126 cm³/mol. The fourth-order valence-corrected chi connectivity index (χ4v) is 3.89. The van der Waals surface area contributed by atoms with Crippen LogP contribution in [0.1, 0.15) is 37.4 Å². The summed E-state index contributed by atoms with van der Waals surface area (Å²) in [4.78, 5) is 13.0. The lowest BCUT2D eigenvalue weighted by Gasteiger charge is -2.10. The van der Waals surface area contributed by atoms with Gasteiger partial charge in [0.2, 0.25) is 0 Å². The zero-order valence-corrected chi connectivity index (χ0v) is 18.4. The standard InChI is InChI=1S/C25H28N6O/c1-3-5-9-21-18-30(16-6-4-2)25(32)31(21)17-19-12-14-20(15-13-19)22-10-7-8-11-23(22)24-26-28-29-27-24/h4,7-8,10-15,18H,2-3,5-6,9,16-17H2,1H3,(H,26,27,28,29). The molecule has 2 heterocycles. The van der Waals surface area contributed by atoms with Gasteiger partial charge >= 0.3 is 5.69 Å². The Kier molecular flexibility index (Phi) is 6.75. The van der Waals surface area contributed by atoms with Crippen LogP contribution in [0, 0.1) is 0 Å². The molecule has 4 aromatic rings. The first kappa shape index (κ1) is 21.5. The lowest BCUT2D eigenvalue weighted by Crippen LogP contribution is -2.25. The number of allylic oxidation sites excluding steroid dienone is 1. The van der Waals surface area contributed by atoms with E-state index in [-0.39, 0.29) is 5.69 Å². The molecule has 0 aliphatic rings. The summed E-state index contributed by atoms with van der Waals surface area (Å²) >= 11 is 0. The molecule has 0 unspecified atom stereocenters. The molecule has 0 aliphatic carbocycles. The topological polar surface area (TPSA) is 81.4 Å². The number of unbranched alkanes of at least 4 members (excludes halogenated alkanes) is 1. The van der Waals surface area contributed by atoms with Gasteiger partial charge in [-0.3, -0.25) is 9.13 Å². The summed E-state index contributed by atoms with van der Waals surface area (Å²) in [7, 11) is 0. The SMILES string of the molecule is C=CCCn1cc(CCCC)n(Cc2ccc(-c3ccccc3-c3nnn[nH]3)cc2)c1=O. The van der Waals surface area contributed by atoms with Gasteiger partial charge in [0.1, 0.15) is 0 Å². The monoisotopic (exact) mass is 428 g/mol. The molecule has 0 radical (unpaired) electrons. The zero-order chi connectivity index (χ0) is 22.3. The van der Waals surface area contributed by atoms with E-state index in [1.807, 2.05) is 39.6 Å². The highest BCUT2D eigenvalue weighted by atomic mass is 16.1. The normalized spacial score (nSPS) is 11.0. The average molecular weight is 429 g/mol.